The average molecular weight is 272 g/mol. The number of aryl methyl sites for hydroxylation is 1. The van der Waals surface area contributed by atoms with Crippen LogP contribution in [-0.4, -0.2) is 23.4 Å². The molecule has 0 bridgehead atoms. The van der Waals surface area contributed by atoms with E-state index in [0.29, 0.717) is 0 Å². The van der Waals surface area contributed by atoms with Crippen molar-refractivity contribution in [1.82, 2.24) is 19.7 Å². The van der Waals surface area contributed by atoms with Crippen LogP contribution in [0.15, 0.2) is 23.7 Å². The molecule has 2 N–H and O–H groups in total. The number of hydrogen-bond donors (Lipinski definition) is 2. The van der Waals surface area contributed by atoms with Crippen molar-refractivity contribution in [3.05, 3.63) is 28.6 Å². The molecule has 2 aromatic heterocycles. The first kappa shape index (κ1) is 12.2. The smallest absolute Gasteiger partial charge is 0.258 e. The minimum atomic E-state index is -3.56. The monoisotopic (exact) mass is 272 g/mol. The van der Waals surface area contributed by atoms with Crippen LogP contribution >= 0.6 is 11.3 Å². The summed E-state index contributed by atoms with van der Waals surface area (Å²) in [7, 11) is -3.56. The largest absolute Gasteiger partial charge is 0.335 e. The Hall–Kier alpha value is -1.25. The van der Waals surface area contributed by atoms with Crippen LogP contribution in [0.2, 0.25) is 0 Å². The van der Waals surface area contributed by atoms with Crippen molar-refractivity contribution in [2.24, 2.45) is 0 Å². The van der Waals surface area contributed by atoms with Gasteiger partial charge in [0.15, 0.2) is 5.03 Å². The number of hydrogen-bond acceptors (Lipinski definition) is 5. The Kier molecular flexibility index (Phi) is 3.27. The molecule has 0 aliphatic carbocycles. The van der Waals surface area contributed by atoms with Gasteiger partial charge in [0.2, 0.25) is 0 Å². The van der Waals surface area contributed by atoms with E-state index >= 15 is 0 Å². The molecule has 8 heteroatoms. The van der Waals surface area contributed by atoms with Gasteiger partial charge in [0.1, 0.15) is 5.01 Å². The Labute approximate surface area is 103 Å². The maximum Gasteiger partial charge on any atom is 0.258 e. The highest BCUT2D eigenvalue weighted by atomic mass is 32.2. The second kappa shape index (κ2) is 4.55. The van der Waals surface area contributed by atoms with Gasteiger partial charge in [-0.1, -0.05) is 0 Å². The zero-order chi connectivity index (χ0) is 12.5. The first-order valence-corrected chi connectivity index (χ1v) is 7.22. The van der Waals surface area contributed by atoms with E-state index in [2.05, 4.69) is 19.7 Å². The lowest BCUT2D eigenvalue weighted by Crippen LogP contribution is -2.27. The van der Waals surface area contributed by atoms with Crippen LogP contribution in [0, 0.1) is 6.92 Å². The molecule has 0 spiro atoms. The van der Waals surface area contributed by atoms with E-state index in [1.165, 1.54) is 23.9 Å². The number of imidazole rings is 1. The Bertz CT molecular complexity index is 588. The van der Waals surface area contributed by atoms with Crippen molar-refractivity contribution in [2.75, 3.05) is 0 Å². The summed E-state index contributed by atoms with van der Waals surface area (Å²) in [6.45, 7) is 3.68. The van der Waals surface area contributed by atoms with Gasteiger partial charge in [0, 0.05) is 11.1 Å². The van der Waals surface area contributed by atoms with Gasteiger partial charge in [-0.3, -0.25) is 0 Å². The van der Waals surface area contributed by atoms with E-state index in [0.717, 1.165) is 9.88 Å². The summed E-state index contributed by atoms with van der Waals surface area (Å²) in [6, 6.07) is -0.359. The number of sulfonamides is 1. The van der Waals surface area contributed by atoms with Crippen molar-refractivity contribution in [3.8, 4) is 0 Å². The molecule has 0 fully saturated rings. The number of thiazole rings is 1. The normalized spacial score (nSPS) is 13.8. The number of nitrogens with one attached hydrogen (secondary N) is 2. The fourth-order valence-corrected chi connectivity index (χ4v) is 3.27. The van der Waals surface area contributed by atoms with E-state index < -0.39 is 10.0 Å². The van der Waals surface area contributed by atoms with Gasteiger partial charge in [-0.25, -0.2) is 23.1 Å². The fourth-order valence-electron chi connectivity index (χ4n) is 1.31. The number of H-pyrrole nitrogens is 1. The lowest BCUT2D eigenvalue weighted by molar-refractivity contribution is 0.563. The summed E-state index contributed by atoms with van der Waals surface area (Å²) in [5.41, 5.74) is 0. The van der Waals surface area contributed by atoms with Crippen LogP contribution in [0.3, 0.4) is 0 Å². The van der Waals surface area contributed by atoms with Gasteiger partial charge in [0.05, 0.1) is 18.6 Å². The minimum absolute atomic E-state index is 0.0534. The summed E-state index contributed by atoms with van der Waals surface area (Å²) in [6.07, 6.45) is 4.32. The van der Waals surface area contributed by atoms with E-state index in [-0.39, 0.29) is 11.1 Å². The summed E-state index contributed by atoms with van der Waals surface area (Å²) in [5, 5.41) is 0.795. The maximum atomic E-state index is 11.9. The van der Waals surface area contributed by atoms with Crippen molar-refractivity contribution in [3.63, 3.8) is 0 Å². The molecular weight excluding hydrogens is 260 g/mol. The molecule has 1 unspecified atom stereocenters. The van der Waals surface area contributed by atoms with E-state index in [1.807, 2.05) is 6.92 Å². The highest BCUT2D eigenvalue weighted by molar-refractivity contribution is 7.89. The topological polar surface area (TPSA) is 87.7 Å². The quantitative estimate of drug-likeness (QED) is 0.875. The maximum absolute atomic E-state index is 11.9. The first-order chi connectivity index (χ1) is 7.99. The molecule has 2 aromatic rings. The molecule has 6 nitrogen and oxygen atoms in total. The van der Waals surface area contributed by atoms with E-state index in [4.69, 9.17) is 0 Å². The first-order valence-electron chi connectivity index (χ1n) is 4.92. The average Bonchev–Trinajstić information content (AvgIpc) is 2.86. The molecule has 2 heterocycles. The Morgan fingerprint density at radius 2 is 2.24 bits per heavy atom. The van der Waals surface area contributed by atoms with Crippen LogP contribution in [0.5, 0.6) is 0 Å². The summed E-state index contributed by atoms with van der Waals surface area (Å²) in [4.78, 5) is 11.4. The Morgan fingerprint density at radius 1 is 1.47 bits per heavy atom. The highest BCUT2D eigenvalue weighted by Gasteiger charge is 2.20. The molecule has 0 aliphatic heterocycles. The molecule has 17 heavy (non-hydrogen) atoms. The number of aromatic nitrogens is 3. The fraction of sp³-hybridized carbons (Fsp3) is 0.333. The third-order valence-corrected chi connectivity index (χ3v) is 4.67. The van der Waals surface area contributed by atoms with Gasteiger partial charge in [-0.15, -0.1) is 11.3 Å². The Morgan fingerprint density at radius 3 is 2.76 bits per heavy atom. The zero-order valence-corrected chi connectivity index (χ0v) is 11.0. The van der Waals surface area contributed by atoms with Crippen molar-refractivity contribution < 1.29 is 8.42 Å². The third-order valence-electron chi connectivity index (χ3n) is 2.10. The molecule has 92 valence electrons. The number of rotatable bonds is 4. The molecule has 0 aliphatic rings. The molecule has 0 saturated heterocycles. The minimum Gasteiger partial charge on any atom is -0.335 e. The molecular formula is C9H12N4O2S2. The van der Waals surface area contributed by atoms with Crippen molar-refractivity contribution in [1.29, 1.82) is 0 Å². The SMILES string of the molecule is Cc1cnc(C(C)NS(=O)(=O)c2cnc[nH]2)s1. The van der Waals surface area contributed by atoms with E-state index in [1.54, 1.807) is 13.1 Å². The van der Waals surface area contributed by atoms with Crippen LogP contribution < -0.4 is 4.72 Å². The zero-order valence-electron chi connectivity index (χ0n) is 9.34. The predicted octanol–water partition coefficient (Wildman–Crippen LogP) is 1.21. The van der Waals surface area contributed by atoms with Crippen LogP contribution in [0.4, 0.5) is 0 Å². The summed E-state index contributed by atoms with van der Waals surface area (Å²) >= 11 is 1.47. The number of aromatic amines is 1. The Balaban J connectivity index is 2.17. The highest BCUT2D eigenvalue weighted by Crippen LogP contribution is 2.20. The molecule has 0 radical (unpaired) electrons. The predicted molar refractivity (Wildman–Crippen MR) is 64.2 cm³/mol. The lowest BCUT2D eigenvalue weighted by atomic mass is 10.4. The van der Waals surface area contributed by atoms with E-state index in [9.17, 15) is 8.42 Å². The van der Waals surface area contributed by atoms with Crippen molar-refractivity contribution in [2.45, 2.75) is 24.9 Å². The van der Waals surface area contributed by atoms with Gasteiger partial charge in [0.25, 0.3) is 10.0 Å². The molecule has 2 rings (SSSR count). The summed E-state index contributed by atoms with van der Waals surface area (Å²) < 4.78 is 26.3. The molecule has 0 amide bonds. The van der Waals surface area contributed by atoms with Crippen molar-refractivity contribution >= 4 is 21.4 Å². The summed E-state index contributed by atoms with van der Waals surface area (Å²) in [5.74, 6) is 0. The molecule has 0 saturated carbocycles. The van der Waals surface area contributed by atoms with Crippen LogP contribution in [0.1, 0.15) is 22.9 Å². The number of nitrogens with zero attached hydrogens (tertiary/aromatic N) is 2. The lowest BCUT2D eigenvalue weighted by Gasteiger charge is -2.10. The van der Waals surface area contributed by atoms with Gasteiger partial charge >= 0.3 is 0 Å². The molecule has 1 atom stereocenters. The van der Waals surface area contributed by atoms with Crippen LogP contribution in [-0.2, 0) is 10.0 Å². The van der Waals surface area contributed by atoms with Gasteiger partial charge in [-0.05, 0) is 13.8 Å². The second-order valence-electron chi connectivity index (χ2n) is 3.57. The standard InChI is InChI=1S/C9H12N4O2S2/c1-6-3-11-9(16-6)7(2)13-17(14,15)8-4-10-5-12-8/h3-5,7,13H,1-2H3,(H,10,12). The van der Waals surface area contributed by atoms with Gasteiger partial charge in [-0.2, -0.15) is 0 Å². The molecule has 0 aromatic carbocycles. The second-order valence-corrected chi connectivity index (χ2v) is 6.52. The third kappa shape index (κ3) is 2.71. The van der Waals surface area contributed by atoms with Gasteiger partial charge < -0.3 is 4.98 Å². The van der Waals surface area contributed by atoms with Crippen LogP contribution in [0.25, 0.3) is 0 Å².